The molecule has 8 nitrogen and oxygen atoms in total. The molecule has 9 heteroatoms. The van der Waals surface area contributed by atoms with Crippen LogP contribution in [0.1, 0.15) is 40.0 Å². The van der Waals surface area contributed by atoms with Gasteiger partial charge in [0.1, 0.15) is 5.60 Å². The van der Waals surface area contributed by atoms with Gasteiger partial charge in [0.25, 0.3) is 10.1 Å². The van der Waals surface area contributed by atoms with Gasteiger partial charge in [0.15, 0.2) is 0 Å². The summed E-state index contributed by atoms with van der Waals surface area (Å²) in [6.07, 6.45) is -0.0635. The second kappa shape index (κ2) is 6.82. The summed E-state index contributed by atoms with van der Waals surface area (Å²) in [5.41, 5.74) is -0.685. The Bertz CT molecular complexity index is 523. The molecule has 0 aromatic rings. The van der Waals surface area contributed by atoms with Gasteiger partial charge >= 0.3 is 12.1 Å². The minimum Gasteiger partial charge on any atom is -0.481 e. The van der Waals surface area contributed by atoms with Crippen molar-refractivity contribution in [3.05, 3.63) is 0 Å². The molecule has 1 amide bonds. The van der Waals surface area contributed by atoms with E-state index in [0.29, 0.717) is 12.8 Å². The highest BCUT2D eigenvalue weighted by Crippen LogP contribution is 2.28. The van der Waals surface area contributed by atoms with E-state index in [4.69, 9.17) is 14.0 Å². The summed E-state index contributed by atoms with van der Waals surface area (Å²) in [5, 5.41) is 11.6. The van der Waals surface area contributed by atoms with Crippen LogP contribution < -0.4 is 5.32 Å². The summed E-state index contributed by atoms with van der Waals surface area (Å²) in [5.74, 6) is -1.69. The number of ether oxygens (including phenoxy) is 1. The zero-order valence-electron chi connectivity index (χ0n) is 13.2. The Labute approximate surface area is 130 Å². The molecule has 3 unspecified atom stereocenters. The van der Waals surface area contributed by atoms with Gasteiger partial charge in [0.2, 0.25) is 0 Å². The number of alkyl carbamates (subject to hydrolysis) is 1. The topological polar surface area (TPSA) is 119 Å². The number of carbonyl (C=O) groups excluding carboxylic acids is 1. The van der Waals surface area contributed by atoms with Gasteiger partial charge in [0, 0.05) is 0 Å². The molecule has 0 saturated heterocycles. The maximum Gasteiger partial charge on any atom is 0.407 e. The highest BCUT2D eigenvalue weighted by Gasteiger charge is 2.37. The third kappa shape index (κ3) is 6.61. The summed E-state index contributed by atoms with van der Waals surface area (Å²) in [7, 11) is -3.76. The molecule has 0 aromatic heterocycles. The predicted octanol–water partition coefficient (Wildman–Crippen LogP) is 1.11. The number of hydrogen-bond acceptors (Lipinski definition) is 6. The Morgan fingerprint density at radius 3 is 2.27 bits per heavy atom. The minimum absolute atomic E-state index is 0.0167. The monoisotopic (exact) mass is 337 g/mol. The Morgan fingerprint density at radius 1 is 1.23 bits per heavy atom. The number of hydrogen-bond donors (Lipinski definition) is 2. The zero-order chi connectivity index (χ0) is 17.1. The molecule has 0 heterocycles. The molecule has 1 aliphatic rings. The molecule has 0 radical (unpaired) electrons. The van der Waals surface area contributed by atoms with Crippen LogP contribution in [0.4, 0.5) is 4.79 Å². The summed E-state index contributed by atoms with van der Waals surface area (Å²) < 4.78 is 32.7. The lowest BCUT2D eigenvalue weighted by Gasteiger charge is -2.34. The third-order valence-electron chi connectivity index (χ3n) is 3.14. The van der Waals surface area contributed by atoms with Gasteiger partial charge in [-0.25, -0.2) is 4.79 Å². The number of nitrogens with one attached hydrogen (secondary N) is 1. The molecule has 3 atom stereocenters. The molecule has 1 rings (SSSR count). The van der Waals surface area contributed by atoms with Gasteiger partial charge in [-0.3, -0.25) is 8.98 Å². The van der Waals surface area contributed by atoms with E-state index >= 15 is 0 Å². The van der Waals surface area contributed by atoms with Gasteiger partial charge in [0.05, 0.1) is 24.3 Å². The van der Waals surface area contributed by atoms with Crippen LogP contribution in [0, 0.1) is 5.92 Å². The van der Waals surface area contributed by atoms with Crippen LogP contribution in [-0.4, -0.2) is 49.6 Å². The largest absolute Gasteiger partial charge is 0.481 e. The molecular weight excluding hydrogens is 314 g/mol. The van der Waals surface area contributed by atoms with Crippen molar-refractivity contribution in [3.8, 4) is 0 Å². The number of rotatable bonds is 4. The number of carboxylic acid groups (broad SMARTS) is 1. The third-order valence-corrected chi connectivity index (χ3v) is 3.74. The molecule has 0 bridgehead atoms. The van der Waals surface area contributed by atoms with E-state index in [1.54, 1.807) is 20.8 Å². The quantitative estimate of drug-likeness (QED) is 0.737. The van der Waals surface area contributed by atoms with E-state index in [0.717, 1.165) is 6.26 Å². The molecule has 1 fully saturated rings. The van der Waals surface area contributed by atoms with Crippen LogP contribution >= 0.6 is 0 Å². The Balaban J connectivity index is 2.77. The molecule has 22 heavy (non-hydrogen) atoms. The van der Waals surface area contributed by atoms with Crippen LogP contribution in [0.25, 0.3) is 0 Å². The number of carboxylic acids is 1. The maximum absolute atomic E-state index is 11.8. The van der Waals surface area contributed by atoms with Crippen LogP contribution in [0.5, 0.6) is 0 Å². The van der Waals surface area contributed by atoms with Crippen molar-refractivity contribution >= 4 is 22.2 Å². The average Bonchev–Trinajstić information content (AvgIpc) is 2.26. The summed E-state index contributed by atoms with van der Waals surface area (Å²) >= 11 is 0. The molecule has 0 spiro atoms. The zero-order valence-corrected chi connectivity index (χ0v) is 14.0. The van der Waals surface area contributed by atoms with Gasteiger partial charge in [-0.2, -0.15) is 8.42 Å². The molecule has 0 aliphatic heterocycles. The smallest absolute Gasteiger partial charge is 0.407 e. The van der Waals surface area contributed by atoms with Gasteiger partial charge in [-0.1, -0.05) is 0 Å². The van der Waals surface area contributed by atoms with E-state index in [2.05, 4.69) is 5.32 Å². The fourth-order valence-electron chi connectivity index (χ4n) is 2.31. The number of carbonyl (C=O) groups is 2. The van der Waals surface area contributed by atoms with Gasteiger partial charge in [-0.15, -0.1) is 0 Å². The van der Waals surface area contributed by atoms with Crippen molar-refractivity contribution in [2.24, 2.45) is 5.92 Å². The van der Waals surface area contributed by atoms with E-state index < -0.39 is 45.8 Å². The summed E-state index contributed by atoms with van der Waals surface area (Å²) in [4.78, 5) is 22.9. The molecule has 2 N–H and O–H groups in total. The van der Waals surface area contributed by atoms with Crippen molar-refractivity contribution in [3.63, 3.8) is 0 Å². The highest BCUT2D eigenvalue weighted by atomic mass is 32.2. The summed E-state index contributed by atoms with van der Waals surface area (Å²) in [6, 6.07) is -0.611. The Kier molecular flexibility index (Phi) is 5.80. The fourth-order valence-corrected chi connectivity index (χ4v) is 2.97. The average molecular weight is 337 g/mol. The van der Waals surface area contributed by atoms with Crippen LogP contribution in [0.2, 0.25) is 0 Å². The van der Waals surface area contributed by atoms with Gasteiger partial charge in [-0.05, 0) is 40.0 Å². The highest BCUT2D eigenvalue weighted by molar-refractivity contribution is 7.86. The van der Waals surface area contributed by atoms with Crippen LogP contribution in [0.15, 0.2) is 0 Å². The first-order valence-electron chi connectivity index (χ1n) is 6.98. The molecule has 0 aromatic carbocycles. The minimum atomic E-state index is -3.76. The SMILES string of the molecule is CC(C)(C)OC(=O)NC1CCC(C(=O)O)CC1OS(C)(=O)=O. The van der Waals surface area contributed by atoms with Crippen molar-refractivity contribution in [2.75, 3.05) is 6.26 Å². The number of aliphatic carboxylic acids is 1. The van der Waals surface area contributed by atoms with Crippen molar-refractivity contribution in [2.45, 2.75) is 57.8 Å². The molecule has 1 aliphatic carbocycles. The van der Waals surface area contributed by atoms with E-state index in [-0.39, 0.29) is 6.42 Å². The lowest BCUT2D eigenvalue weighted by Crippen LogP contribution is -2.50. The maximum atomic E-state index is 11.8. The van der Waals surface area contributed by atoms with E-state index in [1.807, 2.05) is 0 Å². The normalized spacial score (nSPS) is 26.3. The van der Waals surface area contributed by atoms with Crippen LogP contribution in [0.3, 0.4) is 0 Å². The first kappa shape index (κ1) is 18.7. The Hall–Kier alpha value is -1.35. The lowest BCUT2D eigenvalue weighted by atomic mass is 9.84. The van der Waals surface area contributed by atoms with E-state index in [1.165, 1.54) is 0 Å². The predicted molar refractivity (Wildman–Crippen MR) is 77.9 cm³/mol. The van der Waals surface area contributed by atoms with Crippen molar-refractivity contribution < 1.29 is 32.0 Å². The second-order valence-electron chi connectivity index (χ2n) is 6.44. The summed E-state index contributed by atoms with van der Waals surface area (Å²) in [6.45, 7) is 5.12. The van der Waals surface area contributed by atoms with Crippen LogP contribution in [-0.2, 0) is 23.8 Å². The van der Waals surface area contributed by atoms with E-state index in [9.17, 15) is 18.0 Å². The number of amides is 1. The lowest BCUT2D eigenvalue weighted by molar-refractivity contribution is -0.144. The van der Waals surface area contributed by atoms with Gasteiger partial charge < -0.3 is 15.2 Å². The molecular formula is C13H23NO7S. The first-order valence-corrected chi connectivity index (χ1v) is 8.79. The van der Waals surface area contributed by atoms with Crippen molar-refractivity contribution in [1.29, 1.82) is 0 Å². The molecule has 1 saturated carbocycles. The fraction of sp³-hybridized carbons (Fsp3) is 0.846. The Morgan fingerprint density at radius 2 is 1.82 bits per heavy atom. The first-order chi connectivity index (χ1) is 9.87. The molecule has 128 valence electrons. The second-order valence-corrected chi connectivity index (χ2v) is 8.04. The standard InChI is InChI=1S/C13H23NO7S/c1-13(2,3)20-12(17)14-9-6-5-8(11(15)16)7-10(9)21-22(4,18)19/h8-10H,5-7H2,1-4H3,(H,14,17)(H,15,16). The van der Waals surface area contributed by atoms with Crippen molar-refractivity contribution in [1.82, 2.24) is 5.32 Å².